The van der Waals surface area contributed by atoms with Gasteiger partial charge in [-0.05, 0) is 18.6 Å². The van der Waals surface area contributed by atoms with Crippen LogP contribution in [0.5, 0.6) is 5.88 Å². The van der Waals surface area contributed by atoms with Crippen LogP contribution in [0.2, 0.25) is 5.02 Å². The molecule has 2 aromatic rings. The predicted molar refractivity (Wildman–Crippen MR) is 72.7 cm³/mol. The molecule has 0 atom stereocenters. The highest BCUT2D eigenvalue weighted by molar-refractivity contribution is 7.17. The number of hydrogen-bond acceptors (Lipinski definition) is 5. The van der Waals surface area contributed by atoms with E-state index in [0.717, 1.165) is 16.9 Å². The molecule has 1 aliphatic rings. The number of halogens is 1. The number of nitrogens with two attached hydrogens (primary N) is 1. The summed E-state index contributed by atoms with van der Waals surface area (Å²) < 4.78 is 0. The highest BCUT2D eigenvalue weighted by Crippen LogP contribution is 2.32. The minimum Gasteiger partial charge on any atom is -0.492 e. The van der Waals surface area contributed by atoms with E-state index in [9.17, 15) is 9.90 Å². The summed E-state index contributed by atoms with van der Waals surface area (Å²) in [7, 11) is 0. The Bertz CT molecular complexity index is 841. The molecular formula is C12H8ClN3O2S. The second-order valence-corrected chi connectivity index (χ2v) is 5.50. The number of nitrogens with zero attached hydrogens (tertiary/aromatic N) is 2. The van der Waals surface area contributed by atoms with Gasteiger partial charge in [0.25, 0.3) is 5.91 Å². The van der Waals surface area contributed by atoms with Crippen molar-refractivity contribution in [2.24, 2.45) is 4.99 Å². The normalized spacial score (nSPS) is 13.6. The third-order valence-electron chi connectivity index (χ3n) is 2.91. The number of aromatic nitrogens is 1. The van der Waals surface area contributed by atoms with Crippen LogP contribution in [0.25, 0.3) is 5.57 Å². The number of carbonyl (C=O) groups is 1. The monoisotopic (exact) mass is 293 g/mol. The van der Waals surface area contributed by atoms with Crippen molar-refractivity contribution in [3.05, 3.63) is 38.2 Å². The van der Waals surface area contributed by atoms with Crippen LogP contribution in [-0.2, 0) is 4.79 Å². The van der Waals surface area contributed by atoms with Crippen LogP contribution < -0.4 is 16.3 Å². The summed E-state index contributed by atoms with van der Waals surface area (Å²) in [4.78, 5) is 20.1. The molecule has 0 bridgehead atoms. The molecule has 1 amide bonds. The van der Waals surface area contributed by atoms with Crippen molar-refractivity contribution < 1.29 is 9.90 Å². The molecule has 7 heteroatoms. The number of anilines is 1. The van der Waals surface area contributed by atoms with E-state index in [1.165, 1.54) is 0 Å². The molecule has 1 aromatic heterocycles. The zero-order chi connectivity index (χ0) is 13.7. The number of hydrogen-bond donors (Lipinski definition) is 2. The molecule has 0 saturated heterocycles. The summed E-state index contributed by atoms with van der Waals surface area (Å²) in [5, 5.41) is 11.7. The molecule has 0 unspecified atom stereocenters. The third-order valence-corrected chi connectivity index (χ3v) is 4.22. The Balaban J connectivity index is 2.43. The zero-order valence-corrected chi connectivity index (χ0v) is 11.3. The van der Waals surface area contributed by atoms with Gasteiger partial charge in [-0.1, -0.05) is 29.0 Å². The maximum Gasteiger partial charge on any atom is 0.279 e. The molecule has 1 aromatic carbocycles. The molecule has 3 rings (SSSR count). The van der Waals surface area contributed by atoms with E-state index < -0.39 is 5.91 Å². The first kappa shape index (κ1) is 12.1. The Hall–Kier alpha value is -1.92. The van der Waals surface area contributed by atoms with E-state index >= 15 is 0 Å². The van der Waals surface area contributed by atoms with Crippen LogP contribution in [0.4, 0.5) is 5.13 Å². The quantitative estimate of drug-likeness (QED) is 0.812. The maximum absolute atomic E-state index is 12.0. The van der Waals surface area contributed by atoms with E-state index in [4.69, 9.17) is 17.3 Å². The van der Waals surface area contributed by atoms with Crippen molar-refractivity contribution in [1.29, 1.82) is 0 Å². The topological polar surface area (TPSA) is 88.6 Å². The molecule has 96 valence electrons. The van der Waals surface area contributed by atoms with Crippen molar-refractivity contribution >= 4 is 39.5 Å². The Morgan fingerprint density at radius 1 is 1.42 bits per heavy atom. The van der Waals surface area contributed by atoms with Gasteiger partial charge in [-0.2, -0.15) is 4.98 Å². The summed E-state index contributed by atoms with van der Waals surface area (Å²) in [5.41, 5.74) is 6.59. The van der Waals surface area contributed by atoms with Crippen LogP contribution in [0.3, 0.4) is 0 Å². The molecule has 19 heavy (non-hydrogen) atoms. The van der Waals surface area contributed by atoms with Crippen molar-refractivity contribution in [2.45, 2.75) is 6.92 Å². The van der Waals surface area contributed by atoms with Gasteiger partial charge in [0, 0.05) is 10.2 Å². The lowest BCUT2D eigenvalue weighted by Crippen LogP contribution is -2.26. The van der Waals surface area contributed by atoms with Crippen molar-refractivity contribution in [3.8, 4) is 5.88 Å². The van der Waals surface area contributed by atoms with Gasteiger partial charge in [0.2, 0.25) is 5.88 Å². The van der Waals surface area contributed by atoms with Gasteiger partial charge in [-0.25, -0.2) is 4.99 Å². The van der Waals surface area contributed by atoms with Gasteiger partial charge in [-0.15, -0.1) is 0 Å². The van der Waals surface area contributed by atoms with Gasteiger partial charge < -0.3 is 10.8 Å². The summed E-state index contributed by atoms with van der Waals surface area (Å²) in [6, 6.07) is 3.41. The number of nitrogen functional groups attached to an aromatic ring is 1. The summed E-state index contributed by atoms with van der Waals surface area (Å²) >= 11 is 7.06. The van der Waals surface area contributed by atoms with E-state index in [1.54, 1.807) is 19.1 Å². The molecule has 0 aliphatic carbocycles. The number of amides is 1. The third kappa shape index (κ3) is 1.72. The number of carbonyl (C=O) groups excluding carboxylic acids is 1. The van der Waals surface area contributed by atoms with Gasteiger partial charge in [0.05, 0.1) is 10.9 Å². The highest BCUT2D eigenvalue weighted by Gasteiger charge is 2.25. The van der Waals surface area contributed by atoms with Crippen molar-refractivity contribution in [1.82, 2.24) is 4.98 Å². The molecular weight excluding hydrogens is 286 g/mol. The molecule has 5 nitrogen and oxygen atoms in total. The minimum atomic E-state index is -0.417. The van der Waals surface area contributed by atoms with E-state index in [1.807, 2.05) is 0 Å². The van der Waals surface area contributed by atoms with Crippen LogP contribution in [-0.4, -0.2) is 16.0 Å². The van der Waals surface area contributed by atoms with Crippen LogP contribution in [0.1, 0.15) is 10.4 Å². The summed E-state index contributed by atoms with van der Waals surface area (Å²) in [6.45, 7) is 1.79. The van der Waals surface area contributed by atoms with Crippen molar-refractivity contribution in [2.75, 3.05) is 5.73 Å². The van der Waals surface area contributed by atoms with Gasteiger partial charge in [-0.3, -0.25) is 4.79 Å². The SMILES string of the molecule is Cc1c(Cl)ccc2c1=NC(=O)C=2c1sc(N)nc1O. The van der Waals surface area contributed by atoms with E-state index in [2.05, 4.69) is 9.98 Å². The Labute approximate surface area is 116 Å². The molecule has 3 N–H and O–H groups in total. The fraction of sp³-hybridized carbons (Fsp3) is 0.0833. The largest absolute Gasteiger partial charge is 0.492 e. The lowest BCUT2D eigenvalue weighted by atomic mass is 10.1. The Morgan fingerprint density at radius 2 is 2.16 bits per heavy atom. The molecule has 0 saturated carbocycles. The highest BCUT2D eigenvalue weighted by atomic mass is 35.5. The summed E-state index contributed by atoms with van der Waals surface area (Å²) in [6.07, 6.45) is 0. The molecule has 0 radical (unpaired) electrons. The standard InChI is InChI=1S/C12H8ClN3O2S/c1-4-6(13)3-2-5-7(10(17)15-8(4)5)9-11(18)16-12(14)19-9/h2-3,18H,1H3,(H2,14,16). The molecule has 2 heterocycles. The van der Waals surface area contributed by atoms with E-state index in [0.29, 0.717) is 26.0 Å². The van der Waals surface area contributed by atoms with Gasteiger partial charge >= 0.3 is 0 Å². The van der Waals surface area contributed by atoms with E-state index in [-0.39, 0.29) is 11.0 Å². The first-order chi connectivity index (χ1) is 8.99. The van der Waals surface area contributed by atoms with Gasteiger partial charge in [0.1, 0.15) is 4.88 Å². The average Bonchev–Trinajstić information content (AvgIpc) is 2.84. The number of benzene rings is 1. The zero-order valence-electron chi connectivity index (χ0n) is 9.77. The first-order valence-corrected chi connectivity index (χ1v) is 6.56. The Kier molecular flexibility index (Phi) is 2.58. The smallest absolute Gasteiger partial charge is 0.279 e. The van der Waals surface area contributed by atoms with Crippen LogP contribution in [0, 0.1) is 6.92 Å². The number of rotatable bonds is 1. The maximum atomic E-state index is 12.0. The van der Waals surface area contributed by atoms with Crippen LogP contribution >= 0.6 is 22.9 Å². The lowest BCUT2D eigenvalue weighted by Gasteiger charge is -1.97. The van der Waals surface area contributed by atoms with Crippen molar-refractivity contribution in [3.63, 3.8) is 0 Å². The molecule has 0 fully saturated rings. The fourth-order valence-electron chi connectivity index (χ4n) is 2.00. The predicted octanol–water partition coefficient (Wildman–Crippen LogP) is 0.752. The summed E-state index contributed by atoms with van der Waals surface area (Å²) in [5.74, 6) is -0.666. The first-order valence-electron chi connectivity index (χ1n) is 5.37. The number of fused-ring (bicyclic) bond motifs is 1. The number of aromatic hydroxyl groups is 1. The number of thiazole rings is 1. The van der Waals surface area contributed by atoms with Gasteiger partial charge in [0.15, 0.2) is 5.13 Å². The second kappa shape index (κ2) is 4.04. The Morgan fingerprint density at radius 3 is 2.79 bits per heavy atom. The lowest BCUT2D eigenvalue weighted by molar-refractivity contribution is -0.112. The molecule has 0 spiro atoms. The second-order valence-electron chi connectivity index (χ2n) is 4.07. The average molecular weight is 294 g/mol. The molecule has 1 aliphatic heterocycles. The fourth-order valence-corrected chi connectivity index (χ4v) is 2.93. The minimum absolute atomic E-state index is 0.201. The van der Waals surface area contributed by atoms with Crippen LogP contribution in [0.15, 0.2) is 17.1 Å².